The lowest BCUT2D eigenvalue weighted by molar-refractivity contribution is -0.289. The van der Waals surface area contributed by atoms with E-state index in [0.717, 1.165) is 0 Å². The van der Waals surface area contributed by atoms with Crippen LogP contribution in [-0.2, 0) is 38.0 Å². The van der Waals surface area contributed by atoms with Crippen LogP contribution in [0.5, 0.6) is 69.0 Å². The van der Waals surface area contributed by atoms with Crippen LogP contribution >= 0.6 is 0 Å². The number of esters is 5. The fraction of sp³-hybridized carbons (Fsp3) is 0.250. The maximum atomic E-state index is 14.6. The van der Waals surface area contributed by atoms with Gasteiger partial charge in [0, 0.05) is 23.1 Å². The fourth-order valence-electron chi connectivity index (χ4n) is 8.00. The van der Waals surface area contributed by atoms with Gasteiger partial charge in [0.15, 0.2) is 75.3 Å². The molecule has 3 heterocycles. The number of aliphatic hydroxyl groups excluding tert-OH is 1. The predicted molar refractivity (Wildman–Crippen MR) is 201 cm³/mol. The van der Waals surface area contributed by atoms with Crippen LogP contribution < -0.4 is 0 Å². The minimum atomic E-state index is -3.38. The summed E-state index contributed by atoms with van der Waals surface area (Å²) in [5.74, 6) is -28.9. The Bertz CT molecular complexity index is 2830. The van der Waals surface area contributed by atoms with Gasteiger partial charge in [0.05, 0.1) is 28.2 Å². The van der Waals surface area contributed by atoms with Gasteiger partial charge in [-0.3, -0.25) is 4.79 Å². The molecule has 8 rings (SSSR count). The third kappa shape index (κ3) is 6.61. The van der Waals surface area contributed by atoms with Crippen molar-refractivity contribution in [2.24, 2.45) is 0 Å². The van der Waals surface area contributed by atoms with Crippen molar-refractivity contribution in [3.63, 3.8) is 0 Å². The molecule has 1 saturated heterocycles. The molecule has 2 fully saturated rings. The molecule has 0 radical (unpaired) electrons. The molecule has 8 atom stereocenters. The van der Waals surface area contributed by atoms with E-state index in [1.807, 2.05) is 0 Å². The van der Waals surface area contributed by atoms with Crippen molar-refractivity contribution in [1.82, 2.24) is 0 Å². The number of Topliss-reactive ketones (excluding diaryl/α,β-unsaturated/α-hetero) is 1. The van der Waals surface area contributed by atoms with Crippen molar-refractivity contribution in [1.29, 1.82) is 0 Å². The number of ether oxygens (including phenoxy) is 6. The minimum absolute atomic E-state index is 0.359. The number of hydrogen-bond acceptors (Lipinski definition) is 26. The predicted octanol–water partition coefficient (Wildman–Crippen LogP) is -0.602. The van der Waals surface area contributed by atoms with Crippen molar-refractivity contribution < 1.29 is 129 Å². The van der Waals surface area contributed by atoms with Crippen LogP contribution in [0.1, 0.15) is 59.3 Å². The van der Waals surface area contributed by atoms with E-state index in [0.29, 0.717) is 30.3 Å². The third-order valence-electron chi connectivity index (χ3n) is 11.2. The highest BCUT2D eigenvalue weighted by molar-refractivity contribution is 6.09. The summed E-state index contributed by atoms with van der Waals surface area (Å²) >= 11 is 0. The van der Waals surface area contributed by atoms with E-state index in [4.69, 9.17) is 28.4 Å². The van der Waals surface area contributed by atoms with E-state index in [1.165, 1.54) is 0 Å². The third-order valence-corrected chi connectivity index (χ3v) is 11.2. The summed E-state index contributed by atoms with van der Waals surface area (Å²) in [4.78, 5) is 84.5. The van der Waals surface area contributed by atoms with E-state index >= 15 is 0 Å². The number of cyclic esters (lactones) is 1. The molecule has 4 bridgehead atoms. The second kappa shape index (κ2) is 15.3. The Morgan fingerprint density at radius 3 is 1.64 bits per heavy atom. The van der Waals surface area contributed by atoms with Crippen LogP contribution in [0.4, 0.5) is 0 Å². The van der Waals surface area contributed by atoms with Crippen molar-refractivity contribution in [2.75, 3.05) is 6.61 Å². The molecule has 0 spiro atoms. The van der Waals surface area contributed by atoms with Crippen LogP contribution in [0.2, 0.25) is 0 Å². The Labute approximate surface area is 363 Å². The highest BCUT2D eigenvalue weighted by atomic mass is 16.7. The van der Waals surface area contributed by atoms with Gasteiger partial charge in [-0.05, 0) is 30.3 Å². The molecule has 4 aromatic rings. The Hall–Kier alpha value is -8.62. The van der Waals surface area contributed by atoms with Crippen LogP contribution in [-0.4, -0.2) is 156 Å². The number of carbonyl (C=O) groups excluding carboxylic acids is 6. The average molecular weight is 927 g/mol. The Kier molecular flexibility index (Phi) is 10.2. The number of aromatic hydroxyl groups is 12. The number of aliphatic hydroxyl groups is 2. The zero-order valence-corrected chi connectivity index (χ0v) is 32.5. The zero-order valence-electron chi connectivity index (χ0n) is 32.5. The summed E-state index contributed by atoms with van der Waals surface area (Å²) in [7, 11) is 0. The monoisotopic (exact) mass is 926 g/mol. The standard InChI is InChI=1S/C40H30O26/c41-12-1-8(2-13(42)23(12)47)34(55)66-38-33-32-31(65-39(59)40(60)6-17(46)24(48)22(40)21-11(37(58)64-33)5-16(45)27(51)30(21)54)18(62-38)7-61-35(56)9-3-14(43)25(49)28(52)19(9)20-10(36(57)63-32)4-15(44)26(50)29(20)53/h1-5,17-18,22,31-33,38,41-47,49-54,60H,6-7H2/t17-,18-,22+,31-,32+,33-,38+,40+/m1/s1. The van der Waals surface area contributed by atoms with Crippen molar-refractivity contribution >= 4 is 35.6 Å². The summed E-state index contributed by atoms with van der Waals surface area (Å²) in [6.07, 6.45) is -16.0. The van der Waals surface area contributed by atoms with Crippen molar-refractivity contribution in [2.45, 2.75) is 54.7 Å². The molecule has 0 aromatic heterocycles. The quantitative estimate of drug-likeness (QED) is 0.0678. The number of ketones is 1. The van der Waals surface area contributed by atoms with Crippen LogP contribution in [0.25, 0.3) is 11.1 Å². The van der Waals surface area contributed by atoms with Gasteiger partial charge in [-0.15, -0.1) is 0 Å². The Morgan fingerprint density at radius 1 is 0.576 bits per heavy atom. The van der Waals surface area contributed by atoms with Crippen LogP contribution in [0.15, 0.2) is 30.3 Å². The number of phenols is 12. The second-order valence-electron chi connectivity index (χ2n) is 15.1. The fourth-order valence-corrected chi connectivity index (χ4v) is 8.00. The summed E-state index contributed by atoms with van der Waals surface area (Å²) in [6.45, 7) is -1.31. The molecule has 26 heteroatoms. The van der Waals surface area contributed by atoms with E-state index in [2.05, 4.69) is 0 Å². The lowest BCUT2D eigenvalue weighted by Gasteiger charge is -2.44. The molecule has 4 aliphatic rings. The number of rotatable bonds is 2. The number of carbonyl (C=O) groups is 6. The average Bonchev–Trinajstić information content (AvgIpc) is 3.49. The topological polar surface area (TPSA) is 441 Å². The highest BCUT2D eigenvalue weighted by Crippen LogP contribution is 2.54. The first-order chi connectivity index (χ1) is 31.0. The first kappa shape index (κ1) is 44.0. The van der Waals surface area contributed by atoms with Gasteiger partial charge in [-0.2, -0.15) is 0 Å². The normalized spacial score (nSPS) is 26.0. The maximum Gasteiger partial charge on any atom is 0.340 e. The molecule has 0 amide bonds. The highest BCUT2D eigenvalue weighted by Gasteiger charge is 2.63. The van der Waals surface area contributed by atoms with E-state index in [-0.39, 0.29) is 0 Å². The van der Waals surface area contributed by atoms with Gasteiger partial charge >= 0.3 is 29.8 Å². The van der Waals surface area contributed by atoms with Gasteiger partial charge in [-0.1, -0.05) is 0 Å². The van der Waals surface area contributed by atoms with Crippen LogP contribution in [0, 0.1) is 0 Å². The largest absolute Gasteiger partial charge is 0.504 e. The van der Waals surface area contributed by atoms with Gasteiger partial charge < -0.3 is 99.9 Å². The SMILES string of the molecule is O=C(O[C@@H]1O[C@@H]2COC(=O)c3cc(O)c(O)c(O)c3-c3c(cc(O)c(O)c3O)C(=O)O[C@@H]3[C@H]1OC(=O)c1cc(O)c(O)c(O)c1[C@H]1C(=O)[C@H](O)C[C@@]1(O)C(=O)O[C@@H]32)c1cc(O)c(O)c(O)c1. The van der Waals surface area contributed by atoms with Crippen molar-refractivity contribution in [3.05, 3.63) is 58.1 Å². The molecule has 1 saturated carbocycles. The van der Waals surface area contributed by atoms with Gasteiger partial charge in [-0.25, -0.2) is 24.0 Å². The smallest absolute Gasteiger partial charge is 0.340 e. The molecular formula is C40H30O26. The van der Waals surface area contributed by atoms with E-state index in [1.54, 1.807) is 0 Å². The molecular weight excluding hydrogens is 896 g/mol. The molecule has 0 unspecified atom stereocenters. The molecule has 1 aliphatic carbocycles. The molecule has 346 valence electrons. The zero-order chi connectivity index (χ0) is 48.2. The first-order valence-corrected chi connectivity index (χ1v) is 18.7. The van der Waals surface area contributed by atoms with Gasteiger partial charge in [0.1, 0.15) is 18.8 Å². The molecule has 4 aromatic carbocycles. The molecule has 3 aliphatic heterocycles. The van der Waals surface area contributed by atoms with Gasteiger partial charge in [0.2, 0.25) is 29.6 Å². The second-order valence-corrected chi connectivity index (χ2v) is 15.1. The van der Waals surface area contributed by atoms with Crippen molar-refractivity contribution in [3.8, 4) is 80.1 Å². The number of benzene rings is 4. The maximum absolute atomic E-state index is 14.6. The summed E-state index contributed by atoms with van der Waals surface area (Å²) in [5.41, 5.74) is -10.9. The first-order valence-electron chi connectivity index (χ1n) is 18.7. The lowest BCUT2D eigenvalue weighted by Crippen LogP contribution is -2.64. The molecule has 26 nitrogen and oxygen atoms in total. The summed E-state index contributed by atoms with van der Waals surface area (Å²) in [5, 5.41) is 149. The molecule has 66 heavy (non-hydrogen) atoms. The van der Waals surface area contributed by atoms with E-state index < -0.39 is 205 Å². The number of hydrogen-bond donors (Lipinski definition) is 14. The Balaban J connectivity index is 1.39. The Morgan fingerprint density at radius 2 is 1.06 bits per heavy atom. The van der Waals surface area contributed by atoms with Gasteiger partial charge in [0.25, 0.3) is 0 Å². The molecule has 14 N–H and O–H groups in total. The lowest BCUT2D eigenvalue weighted by atomic mass is 9.81. The number of fused-ring (bicyclic) bond motifs is 6. The summed E-state index contributed by atoms with van der Waals surface area (Å²) < 4.78 is 33.5. The summed E-state index contributed by atoms with van der Waals surface area (Å²) in [6, 6.07) is 2.28. The van der Waals surface area contributed by atoms with E-state index in [9.17, 15) is 100 Å². The number of phenolic OH excluding ortho intramolecular Hbond substituents is 12. The van der Waals surface area contributed by atoms with Crippen LogP contribution in [0.3, 0.4) is 0 Å². The minimum Gasteiger partial charge on any atom is -0.504 e.